The lowest BCUT2D eigenvalue weighted by Gasteiger charge is -1.95. The number of hydrogen-bond acceptors (Lipinski definition) is 6. The van der Waals surface area contributed by atoms with Crippen LogP contribution in [-0.2, 0) is 4.74 Å². The summed E-state index contributed by atoms with van der Waals surface area (Å²) in [5.74, 6) is -1.98. The Bertz CT molecular complexity index is 319. The number of aromatic nitrogens is 4. The van der Waals surface area contributed by atoms with Crippen molar-refractivity contribution in [2.75, 3.05) is 7.11 Å². The van der Waals surface area contributed by atoms with Gasteiger partial charge in [-0.15, -0.1) is 9.78 Å². The number of rotatable bonds is 1. The van der Waals surface area contributed by atoms with Gasteiger partial charge in [0.2, 0.25) is 0 Å². The Hall–Kier alpha value is -1.99. The summed E-state index contributed by atoms with van der Waals surface area (Å²) < 4.78 is 4.65. The molecule has 1 heterocycles. The van der Waals surface area contributed by atoms with Gasteiger partial charge in [-0.1, -0.05) is 0 Å². The topological polar surface area (TPSA) is 107 Å². The molecule has 0 radical (unpaired) electrons. The molecule has 8 heteroatoms. The highest BCUT2D eigenvalue weighted by Gasteiger charge is 2.19. The van der Waals surface area contributed by atoms with E-state index in [2.05, 4.69) is 20.3 Å². The van der Waals surface area contributed by atoms with E-state index in [4.69, 9.17) is 5.11 Å². The van der Waals surface area contributed by atoms with Gasteiger partial charge >= 0.3 is 12.1 Å². The molecule has 8 nitrogen and oxygen atoms in total. The Morgan fingerprint density at radius 2 is 2.25 bits per heavy atom. The number of carboxylic acid groups (broad SMARTS) is 1. The van der Waals surface area contributed by atoms with Crippen molar-refractivity contribution in [2.45, 2.75) is 0 Å². The largest absolute Gasteiger partial charge is 0.475 e. The molecular weight excluding hydrogens is 168 g/mol. The lowest BCUT2D eigenvalue weighted by Crippen LogP contribution is -2.19. The summed E-state index contributed by atoms with van der Waals surface area (Å²) in [4.78, 5) is 21.1. The summed E-state index contributed by atoms with van der Waals surface area (Å²) in [6.45, 7) is 0. The van der Waals surface area contributed by atoms with Crippen molar-refractivity contribution in [3.8, 4) is 0 Å². The normalized spacial score (nSPS) is 9.42. The minimum atomic E-state index is -1.40. The van der Waals surface area contributed by atoms with E-state index in [0.717, 1.165) is 7.11 Å². The average Bonchev–Trinajstić information content (AvgIpc) is 2.50. The van der Waals surface area contributed by atoms with Crippen LogP contribution in [0.1, 0.15) is 10.6 Å². The SMILES string of the molecule is COC(=O)n1nnnc1C(=O)O. The third-order valence-electron chi connectivity index (χ3n) is 1.01. The van der Waals surface area contributed by atoms with Crippen molar-refractivity contribution in [3.05, 3.63) is 5.82 Å². The summed E-state index contributed by atoms with van der Waals surface area (Å²) >= 11 is 0. The molecule has 0 fully saturated rings. The van der Waals surface area contributed by atoms with E-state index in [1.165, 1.54) is 0 Å². The lowest BCUT2D eigenvalue weighted by molar-refractivity contribution is 0.0674. The Balaban J connectivity index is 3.07. The number of carboxylic acids is 1. The van der Waals surface area contributed by atoms with E-state index in [1.54, 1.807) is 0 Å². The molecule has 1 N–H and O–H groups in total. The fraction of sp³-hybridized carbons (Fsp3) is 0.250. The molecule has 0 aliphatic carbocycles. The molecule has 0 aliphatic rings. The smallest absolute Gasteiger partial charge is 0.438 e. The molecule has 0 saturated heterocycles. The van der Waals surface area contributed by atoms with Gasteiger partial charge in [-0.2, -0.15) is 0 Å². The van der Waals surface area contributed by atoms with Crippen LogP contribution in [-0.4, -0.2) is 44.5 Å². The van der Waals surface area contributed by atoms with Crippen molar-refractivity contribution >= 4 is 12.1 Å². The molecule has 0 saturated carbocycles. The zero-order valence-electron chi connectivity index (χ0n) is 5.96. The number of tetrazole rings is 1. The Morgan fingerprint density at radius 1 is 1.58 bits per heavy atom. The van der Waals surface area contributed by atoms with Gasteiger partial charge in [0, 0.05) is 0 Å². The van der Waals surface area contributed by atoms with Crippen LogP contribution < -0.4 is 0 Å². The maximum absolute atomic E-state index is 10.7. The monoisotopic (exact) mass is 172 g/mol. The minimum Gasteiger partial charge on any atom is -0.475 e. The van der Waals surface area contributed by atoms with Gasteiger partial charge in [0.15, 0.2) is 0 Å². The molecule has 1 aromatic heterocycles. The summed E-state index contributed by atoms with van der Waals surface area (Å²) in [7, 11) is 1.09. The van der Waals surface area contributed by atoms with Gasteiger partial charge in [0.1, 0.15) is 0 Å². The Labute approximate surface area is 65.7 Å². The first-order valence-electron chi connectivity index (χ1n) is 2.77. The summed E-state index contributed by atoms with van der Waals surface area (Å²) in [5, 5.41) is 17.6. The predicted molar refractivity (Wildman–Crippen MR) is 32.6 cm³/mol. The third kappa shape index (κ3) is 1.21. The fourth-order valence-corrected chi connectivity index (χ4v) is 0.530. The van der Waals surface area contributed by atoms with Crippen molar-refractivity contribution in [2.24, 2.45) is 0 Å². The van der Waals surface area contributed by atoms with Crippen LogP contribution in [0, 0.1) is 0 Å². The lowest BCUT2D eigenvalue weighted by atomic mass is 10.6. The number of carbonyl (C=O) groups excluding carboxylic acids is 1. The number of ether oxygens (including phenoxy) is 1. The second kappa shape index (κ2) is 2.95. The zero-order chi connectivity index (χ0) is 9.14. The van der Waals surface area contributed by atoms with Gasteiger partial charge < -0.3 is 9.84 Å². The van der Waals surface area contributed by atoms with Gasteiger partial charge in [-0.25, -0.2) is 9.59 Å². The van der Waals surface area contributed by atoms with Crippen LogP contribution in [0.3, 0.4) is 0 Å². The zero-order valence-corrected chi connectivity index (χ0v) is 5.96. The van der Waals surface area contributed by atoms with Crippen LogP contribution >= 0.6 is 0 Å². The molecule has 0 bridgehead atoms. The molecule has 0 unspecified atom stereocenters. The van der Waals surface area contributed by atoms with Gasteiger partial charge in [-0.05, 0) is 10.4 Å². The molecular formula is C4H4N4O4. The quantitative estimate of drug-likeness (QED) is 0.540. The molecule has 64 valence electrons. The number of aromatic carboxylic acids is 1. The van der Waals surface area contributed by atoms with Crippen LogP contribution in [0.4, 0.5) is 4.79 Å². The van der Waals surface area contributed by atoms with Crippen molar-refractivity contribution in [3.63, 3.8) is 0 Å². The maximum Gasteiger partial charge on any atom is 0.438 e. The number of hydrogen-bond donors (Lipinski definition) is 1. The van der Waals surface area contributed by atoms with Crippen LogP contribution in [0.2, 0.25) is 0 Å². The molecule has 0 amide bonds. The van der Waals surface area contributed by atoms with Gasteiger partial charge in [0.25, 0.3) is 5.82 Å². The molecule has 1 rings (SSSR count). The van der Waals surface area contributed by atoms with E-state index in [0.29, 0.717) is 4.68 Å². The molecule has 0 atom stereocenters. The second-order valence-corrected chi connectivity index (χ2v) is 1.69. The van der Waals surface area contributed by atoms with Crippen molar-refractivity contribution in [1.29, 1.82) is 0 Å². The van der Waals surface area contributed by atoms with Crippen LogP contribution in [0.5, 0.6) is 0 Å². The number of nitrogens with zero attached hydrogens (tertiary/aromatic N) is 4. The first kappa shape index (κ1) is 8.11. The first-order chi connectivity index (χ1) is 5.66. The summed E-state index contributed by atoms with van der Waals surface area (Å²) in [5.41, 5.74) is 0. The van der Waals surface area contributed by atoms with Crippen LogP contribution in [0.25, 0.3) is 0 Å². The molecule has 0 spiro atoms. The number of carbonyl (C=O) groups is 2. The molecule has 1 aromatic rings. The van der Waals surface area contributed by atoms with E-state index < -0.39 is 17.9 Å². The molecule has 0 aromatic carbocycles. The van der Waals surface area contributed by atoms with Gasteiger partial charge in [-0.3, -0.25) is 0 Å². The average molecular weight is 172 g/mol. The second-order valence-electron chi connectivity index (χ2n) is 1.69. The predicted octanol–water partition coefficient (Wildman–Crippen LogP) is -1.01. The summed E-state index contributed by atoms with van der Waals surface area (Å²) in [6, 6.07) is 0. The Kier molecular flexibility index (Phi) is 1.99. The Morgan fingerprint density at radius 3 is 2.75 bits per heavy atom. The maximum atomic E-state index is 10.7. The van der Waals surface area contributed by atoms with Crippen molar-refractivity contribution in [1.82, 2.24) is 20.2 Å². The van der Waals surface area contributed by atoms with Crippen LogP contribution in [0.15, 0.2) is 0 Å². The standard InChI is InChI=1S/C4H4N4O4/c1-12-4(11)8-2(3(9)10)5-6-7-8/h1H3,(H,9,10). The summed E-state index contributed by atoms with van der Waals surface area (Å²) in [6.07, 6.45) is -0.947. The number of methoxy groups -OCH3 is 1. The van der Waals surface area contributed by atoms with Crippen molar-refractivity contribution < 1.29 is 19.4 Å². The molecule has 0 aliphatic heterocycles. The first-order valence-corrected chi connectivity index (χ1v) is 2.77. The third-order valence-corrected chi connectivity index (χ3v) is 1.01. The van der Waals surface area contributed by atoms with E-state index in [9.17, 15) is 9.59 Å². The molecule has 12 heavy (non-hydrogen) atoms. The highest BCUT2D eigenvalue weighted by molar-refractivity contribution is 5.87. The minimum absolute atomic E-state index is 0.447. The highest BCUT2D eigenvalue weighted by Crippen LogP contribution is 1.92. The van der Waals surface area contributed by atoms with E-state index in [1.807, 2.05) is 0 Å². The van der Waals surface area contributed by atoms with E-state index >= 15 is 0 Å². The van der Waals surface area contributed by atoms with E-state index in [-0.39, 0.29) is 0 Å². The van der Waals surface area contributed by atoms with Gasteiger partial charge in [0.05, 0.1) is 7.11 Å². The fourth-order valence-electron chi connectivity index (χ4n) is 0.530. The highest BCUT2D eigenvalue weighted by atomic mass is 16.5.